The largest absolute Gasteiger partial charge is 0.349 e. The van der Waals surface area contributed by atoms with Gasteiger partial charge in [-0.15, -0.1) is 0 Å². The summed E-state index contributed by atoms with van der Waals surface area (Å²) in [6, 6.07) is 8.10. The van der Waals surface area contributed by atoms with Crippen molar-refractivity contribution >= 4 is 29.5 Å². The molecule has 3 aliphatic carbocycles. The van der Waals surface area contributed by atoms with Crippen LogP contribution in [0.1, 0.15) is 57.9 Å². The Morgan fingerprint density at radius 2 is 1.91 bits per heavy atom. The topological polar surface area (TPSA) is 49.4 Å². The van der Waals surface area contributed by atoms with Crippen LogP contribution in [0, 0.1) is 28.6 Å². The predicted molar refractivity (Wildman–Crippen MR) is 133 cm³/mol. The first-order valence-electron chi connectivity index (χ1n) is 12.4. The fourth-order valence-corrected chi connectivity index (χ4v) is 8.17. The van der Waals surface area contributed by atoms with Crippen LogP contribution in [0.15, 0.2) is 42.5 Å². The molecule has 2 amide bonds. The molecule has 0 spiro atoms. The number of hydrogen-bond acceptors (Lipinski definition) is 2. The number of nitrogens with zero attached hydrogens (tertiary/aromatic N) is 1. The molecule has 1 aromatic rings. The summed E-state index contributed by atoms with van der Waals surface area (Å²) in [6.45, 7) is 4.79. The number of halogens is 1. The van der Waals surface area contributed by atoms with E-state index < -0.39 is 0 Å². The summed E-state index contributed by atoms with van der Waals surface area (Å²) in [4.78, 5) is 27.1. The third kappa shape index (κ3) is 3.65. The van der Waals surface area contributed by atoms with E-state index in [1.54, 1.807) is 18.2 Å². The minimum atomic E-state index is -0.0325. The summed E-state index contributed by atoms with van der Waals surface area (Å²) in [5.74, 6) is 2.01. The highest BCUT2D eigenvalue weighted by molar-refractivity contribution is 6.32. The standard InChI is InChI=1S/C28H35ClN2O2/c1-27-16-14-21-19(9-12-24-28(21,2)17-15-26(33)31(24)3)20(27)10-11-23(27)30-25(32)13-8-18-6-4-5-7-22(18)29/h4-8,13,15,17,19-21,23-24H,9-12,14,16H2,1-3H3,(H,30,32)/t19-,20-,21-,23-,24+,27-,28+/m0/s1. The molecule has 1 N–H and O–H groups in total. The van der Waals surface area contributed by atoms with Crippen molar-refractivity contribution in [2.75, 3.05) is 7.05 Å². The maximum Gasteiger partial charge on any atom is 0.246 e. The molecule has 33 heavy (non-hydrogen) atoms. The molecule has 0 bridgehead atoms. The molecule has 0 unspecified atom stereocenters. The minimum absolute atomic E-state index is 0.0325. The molecule has 4 nitrogen and oxygen atoms in total. The lowest BCUT2D eigenvalue weighted by atomic mass is 9.48. The molecule has 0 aromatic heterocycles. The van der Waals surface area contributed by atoms with Crippen molar-refractivity contribution in [2.45, 2.75) is 64.5 Å². The van der Waals surface area contributed by atoms with E-state index in [0.717, 1.165) is 24.8 Å². The number of nitrogens with one attached hydrogen (secondary N) is 1. The van der Waals surface area contributed by atoms with Crippen molar-refractivity contribution in [1.29, 1.82) is 0 Å². The van der Waals surface area contributed by atoms with Crippen molar-refractivity contribution in [3.05, 3.63) is 53.1 Å². The van der Waals surface area contributed by atoms with E-state index in [4.69, 9.17) is 11.6 Å². The lowest BCUT2D eigenvalue weighted by molar-refractivity contribution is -0.138. The molecule has 1 aliphatic heterocycles. The highest BCUT2D eigenvalue weighted by Crippen LogP contribution is 2.63. The fourth-order valence-electron chi connectivity index (χ4n) is 7.97. The monoisotopic (exact) mass is 466 g/mol. The summed E-state index contributed by atoms with van der Waals surface area (Å²) in [7, 11) is 1.97. The molecule has 4 aliphatic rings. The van der Waals surface area contributed by atoms with E-state index in [9.17, 15) is 9.59 Å². The molecule has 1 heterocycles. The van der Waals surface area contributed by atoms with Crippen molar-refractivity contribution in [3.63, 3.8) is 0 Å². The second-order valence-electron chi connectivity index (χ2n) is 11.2. The van der Waals surface area contributed by atoms with Crippen molar-refractivity contribution in [1.82, 2.24) is 10.2 Å². The third-order valence-electron chi connectivity index (χ3n) is 9.76. The maximum absolute atomic E-state index is 12.8. The second kappa shape index (κ2) is 8.30. The van der Waals surface area contributed by atoms with Crippen LogP contribution in [-0.4, -0.2) is 35.8 Å². The van der Waals surface area contributed by atoms with Gasteiger partial charge in [0.1, 0.15) is 0 Å². The van der Waals surface area contributed by atoms with Gasteiger partial charge in [-0.05, 0) is 85.5 Å². The van der Waals surface area contributed by atoms with Gasteiger partial charge in [-0.1, -0.05) is 49.7 Å². The third-order valence-corrected chi connectivity index (χ3v) is 10.1. The lowest BCUT2D eigenvalue weighted by Gasteiger charge is -2.60. The molecule has 1 aromatic carbocycles. The Balaban J connectivity index is 1.31. The van der Waals surface area contributed by atoms with E-state index in [0.29, 0.717) is 28.8 Å². The fraction of sp³-hybridized carbons (Fsp3) is 0.571. The van der Waals surface area contributed by atoms with Crippen LogP contribution in [0.25, 0.3) is 6.08 Å². The number of hydrogen-bond donors (Lipinski definition) is 1. The van der Waals surface area contributed by atoms with Gasteiger partial charge >= 0.3 is 0 Å². The maximum atomic E-state index is 12.8. The van der Waals surface area contributed by atoms with Crippen LogP contribution >= 0.6 is 11.6 Å². The van der Waals surface area contributed by atoms with Crippen LogP contribution in [0.3, 0.4) is 0 Å². The molecule has 5 heteroatoms. The zero-order chi connectivity index (χ0) is 23.4. The Hall–Kier alpha value is -2.07. The Bertz CT molecular complexity index is 1020. The lowest BCUT2D eigenvalue weighted by Crippen LogP contribution is -2.60. The van der Waals surface area contributed by atoms with Gasteiger partial charge in [0, 0.05) is 35.6 Å². The summed E-state index contributed by atoms with van der Waals surface area (Å²) in [5, 5.41) is 4.00. The summed E-state index contributed by atoms with van der Waals surface area (Å²) in [6.07, 6.45) is 14.2. The summed E-state index contributed by atoms with van der Waals surface area (Å²) >= 11 is 6.22. The van der Waals surface area contributed by atoms with Gasteiger partial charge in [0.25, 0.3) is 0 Å². The number of carbonyl (C=O) groups excluding carboxylic acids is 2. The van der Waals surface area contributed by atoms with Gasteiger partial charge in [-0.2, -0.15) is 0 Å². The molecule has 3 saturated carbocycles. The van der Waals surface area contributed by atoms with Gasteiger partial charge in [0.2, 0.25) is 11.8 Å². The van der Waals surface area contributed by atoms with Crippen molar-refractivity contribution in [2.24, 2.45) is 28.6 Å². The van der Waals surface area contributed by atoms with E-state index in [1.165, 1.54) is 19.3 Å². The number of carbonyl (C=O) groups is 2. The van der Waals surface area contributed by atoms with Gasteiger partial charge < -0.3 is 10.2 Å². The second-order valence-corrected chi connectivity index (χ2v) is 11.6. The van der Waals surface area contributed by atoms with E-state index in [-0.39, 0.29) is 28.7 Å². The number of rotatable bonds is 3. The smallest absolute Gasteiger partial charge is 0.246 e. The SMILES string of the molecule is CN1C(=O)C=C[C@]2(C)[C@H]3CC[C@]4(C)[C@@H](NC(=O)C=Cc5ccccc5Cl)CC[C@H]4[C@@H]3CC[C@@H]12. The van der Waals surface area contributed by atoms with Gasteiger partial charge in [0.05, 0.1) is 0 Å². The van der Waals surface area contributed by atoms with Crippen molar-refractivity contribution < 1.29 is 9.59 Å². The first-order chi connectivity index (χ1) is 15.7. The zero-order valence-corrected chi connectivity index (χ0v) is 20.6. The normalized spacial score (nSPS) is 39.8. The summed E-state index contributed by atoms with van der Waals surface area (Å²) < 4.78 is 0. The summed E-state index contributed by atoms with van der Waals surface area (Å²) in [5.41, 5.74) is 1.06. The molecular weight excluding hydrogens is 432 g/mol. The van der Waals surface area contributed by atoms with Crippen LogP contribution < -0.4 is 5.32 Å². The first-order valence-corrected chi connectivity index (χ1v) is 12.8. The van der Waals surface area contributed by atoms with E-state index in [2.05, 4.69) is 25.2 Å². The van der Waals surface area contributed by atoms with Crippen LogP contribution in [0.5, 0.6) is 0 Å². The van der Waals surface area contributed by atoms with Gasteiger partial charge in [-0.3, -0.25) is 9.59 Å². The molecular formula is C28H35ClN2O2. The molecule has 3 fully saturated rings. The predicted octanol–water partition coefficient (Wildman–Crippen LogP) is 5.48. The molecule has 7 atom stereocenters. The number of likely N-dealkylation sites (N-methyl/N-ethyl adjacent to an activating group) is 1. The van der Waals surface area contributed by atoms with Crippen LogP contribution in [0.2, 0.25) is 5.02 Å². The molecule has 0 radical (unpaired) electrons. The Morgan fingerprint density at radius 1 is 1.12 bits per heavy atom. The van der Waals surface area contributed by atoms with E-state index in [1.807, 2.05) is 36.2 Å². The first kappa shape index (κ1) is 22.7. The van der Waals surface area contributed by atoms with E-state index >= 15 is 0 Å². The minimum Gasteiger partial charge on any atom is -0.349 e. The molecule has 176 valence electrons. The molecule has 0 saturated heterocycles. The highest BCUT2D eigenvalue weighted by Gasteiger charge is 2.60. The quantitative estimate of drug-likeness (QED) is 0.600. The Morgan fingerprint density at radius 3 is 2.70 bits per heavy atom. The average Bonchev–Trinajstić information content (AvgIpc) is 3.12. The number of amides is 2. The zero-order valence-electron chi connectivity index (χ0n) is 19.9. The number of benzene rings is 1. The molecule has 5 rings (SSSR count). The highest BCUT2D eigenvalue weighted by atomic mass is 35.5. The van der Waals surface area contributed by atoms with Gasteiger partial charge in [0.15, 0.2) is 0 Å². The Labute approximate surface area is 202 Å². The van der Waals surface area contributed by atoms with Gasteiger partial charge in [-0.25, -0.2) is 0 Å². The van der Waals surface area contributed by atoms with Crippen molar-refractivity contribution in [3.8, 4) is 0 Å². The van der Waals surface area contributed by atoms with Crippen LogP contribution in [0.4, 0.5) is 0 Å². The Kier molecular flexibility index (Phi) is 5.71. The average molecular weight is 467 g/mol. The number of fused-ring (bicyclic) bond motifs is 5. The van der Waals surface area contributed by atoms with Crippen LogP contribution in [-0.2, 0) is 9.59 Å².